The van der Waals surface area contributed by atoms with Gasteiger partial charge in [0.1, 0.15) is 12.0 Å². The fraction of sp³-hybridized carbons (Fsp3) is 0.125. The molecule has 0 aliphatic rings. The van der Waals surface area contributed by atoms with Gasteiger partial charge in [0.25, 0.3) is 0 Å². The Bertz CT molecular complexity index is 692. The van der Waals surface area contributed by atoms with Gasteiger partial charge in [-0.15, -0.1) is 13.2 Å². The molecule has 0 spiro atoms. The van der Waals surface area contributed by atoms with Crippen LogP contribution >= 0.6 is 0 Å². The summed E-state index contributed by atoms with van der Waals surface area (Å²) < 4.78 is 40.0. The number of ether oxygens (including phenoxy) is 1. The van der Waals surface area contributed by atoms with Crippen molar-refractivity contribution in [3.63, 3.8) is 0 Å². The fourth-order valence-corrected chi connectivity index (χ4v) is 1.68. The van der Waals surface area contributed by atoms with E-state index in [4.69, 9.17) is 4.84 Å². The minimum absolute atomic E-state index is 0.306. The van der Waals surface area contributed by atoms with Crippen LogP contribution in [-0.4, -0.2) is 18.4 Å². The van der Waals surface area contributed by atoms with E-state index >= 15 is 0 Å². The van der Waals surface area contributed by atoms with E-state index in [1.807, 2.05) is 0 Å². The molecule has 120 valence electrons. The van der Waals surface area contributed by atoms with Crippen LogP contribution in [0.5, 0.6) is 11.5 Å². The third-order valence-electron chi connectivity index (χ3n) is 2.81. The Kier molecular flexibility index (Phi) is 5.00. The summed E-state index contributed by atoms with van der Waals surface area (Å²) in [5, 5.41) is 3.89. The first-order chi connectivity index (χ1) is 10.9. The third-order valence-corrected chi connectivity index (χ3v) is 2.81. The minimum Gasteiger partial charge on any atom is -0.406 e. The standard InChI is InChI=1S/C16H12F3NO3/c1-11(20-23-15-6-2-12(10-21)3-7-15)13-4-8-14(9-5-13)22-16(17,18)19/h2-10H,1H3/b20-11+. The SMILES string of the molecule is C/C(=N\Oc1ccc(C=O)cc1)c1ccc(OC(F)(F)F)cc1. The number of carbonyl (C=O) groups excluding carboxylic acids is 1. The summed E-state index contributed by atoms with van der Waals surface area (Å²) >= 11 is 0. The van der Waals surface area contributed by atoms with Crippen molar-refractivity contribution in [1.29, 1.82) is 0 Å². The van der Waals surface area contributed by atoms with E-state index in [1.54, 1.807) is 31.2 Å². The first-order valence-corrected chi connectivity index (χ1v) is 6.50. The number of aldehydes is 1. The molecule has 0 amide bonds. The fourth-order valence-electron chi connectivity index (χ4n) is 1.68. The number of carbonyl (C=O) groups is 1. The molecule has 0 fully saturated rings. The van der Waals surface area contributed by atoms with E-state index in [2.05, 4.69) is 9.89 Å². The number of halogens is 3. The second-order valence-electron chi connectivity index (χ2n) is 4.53. The van der Waals surface area contributed by atoms with Crippen LogP contribution in [-0.2, 0) is 0 Å². The summed E-state index contributed by atoms with van der Waals surface area (Å²) in [6.45, 7) is 1.65. The highest BCUT2D eigenvalue weighted by Gasteiger charge is 2.30. The molecule has 0 saturated carbocycles. The van der Waals surface area contributed by atoms with E-state index in [-0.39, 0.29) is 5.75 Å². The molecule has 2 aromatic rings. The number of rotatable bonds is 5. The van der Waals surface area contributed by atoms with E-state index in [9.17, 15) is 18.0 Å². The molecule has 0 radical (unpaired) electrons. The summed E-state index contributed by atoms with van der Waals surface area (Å²) in [4.78, 5) is 15.7. The zero-order valence-corrected chi connectivity index (χ0v) is 12.0. The Morgan fingerprint density at radius 3 is 2.09 bits per heavy atom. The van der Waals surface area contributed by atoms with Crippen LogP contribution in [0.4, 0.5) is 13.2 Å². The topological polar surface area (TPSA) is 47.9 Å². The summed E-state index contributed by atoms with van der Waals surface area (Å²) in [5.74, 6) is 0.131. The van der Waals surface area contributed by atoms with Crippen molar-refractivity contribution in [2.45, 2.75) is 13.3 Å². The lowest BCUT2D eigenvalue weighted by Crippen LogP contribution is -2.17. The molecule has 0 saturated heterocycles. The Balaban J connectivity index is 2.03. The number of benzene rings is 2. The van der Waals surface area contributed by atoms with Gasteiger partial charge in [-0.3, -0.25) is 4.79 Å². The van der Waals surface area contributed by atoms with Crippen molar-refractivity contribution in [1.82, 2.24) is 0 Å². The predicted octanol–water partition coefficient (Wildman–Crippen LogP) is 4.20. The van der Waals surface area contributed by atoms with Crippen molar-refractivity contribution >= 4 is 12.0 Å². The normalized spacial score (nSPS) is 11.9. The molecule has 0 N–H and O–H groups in total. The molecule has 0 atom stereocenters. The van der Waals surface area contributed by atoms with Crippen LogP contribution in [0, 0.1) is 0 Å². The van der Waals surface area contributed by atoms with Gasteiger partial charge in [-0.05, 0) is 61.0 Å². The molecule has 4 nitrogen and oxygen atoms in total. The Hall–Kier alpha value is -2.83. The Morgan fingerprint density at radius 2 is 1.57 bits per heavy atom. The van der Waals surface area contributed by atoms with Gasteiger partial charge in [-0.1, -0.05) is 5.16 Å². The van der Waals surface area contributed by atoms with Gasteiger partial charge in [0, 0.05) is 5.56 Å². The molecule has 2 rings (SSSR count). The number of hydrogen-bond donors (Lipinski definition) is 0. The molecule has 0 heterocycles. The van der Waals surface area contributed by atoms with Crippen molar-refractivity contribution in [3.05, 3.63) is 59.7 Å². The Morgan fingerprint density at radius 1 is 1.00 bits per heavy atom. The van der Waals surface area contributed by atoms with E-state index in [1.165, 1.54) is 24.3 Å². The maximum atomic E-state index is 12.1. The van der Waals surface area contributed by atoms with Crippen molar-refractivity contribution in [2.24, 2.45) is 5.16 Å². The zero-order valence-electron chi connectivity index (χ0n) is 12.0. The quantitative estimate of drug-likeness (QED) is 0.471. The number of alkyl halides is 3. The van der Waals surface area contributed by atoms with Crippen LogP contribution < -0.4 is 9.57 Å². The second kappa shape index (κ2) is 6.95. The molecule has 7 heteroatoms. The van der Waals surface area contributed by atoms with Crippen molar-refractivity contribution in [2.75, 3.05) is 0 Å². The predicted molar refractivity (Wildman–Crippen MR) is 77.8 cm³/mol. The maximum Gasteiger partial charge on any atom is 0.573 e. The van der Waals surface area contributed by atoms with Gasteiger partial charge in [0.2, 0.25) is 0 Å². The highest BCUT2D eigenvalue weighted by atomic mass is 19.4. The molecule has 0 bridgehead atoms. The third kappa shape index (κ3) is 5.14. The van der Waals surface area contributed by atoms with Gasteiger partial charge in [0.15, 0.2) is 5.75 Å². The van der Waals surface area contributed by atoms with Crippen molar-refractivity contribution in [3.8, 4) is 11.5 Å². The lowest BCUT2D eigenvalue weighted by Gasteiger charge is -2.09. The summed E-state index contributed by atoms with van der Waals surface area (Å²) in [7, 11) is 0. The first-order valence-electron chi connectivity index (χ1n) is 6.50. The molecule has 0 aliphatic heterocycles. The summed E-state index contributed by atoms with van der Waals surface area (Å²) in [5.41, 5.74) is 1.57. The van der Waals surface area contributed by atoms with Crippen molar-refractivity contribution < 1.29 is 27.5 Å². The molecular weight excluding hydrogens is 311 g/mol. The van der Waals surface area contributed by atoms with Gasteiger partial charge < -0.3 is 9.57 Å². The highest BCUT2D eigenvalue weighted by molar-refractivity contribution is 5.98. The van der Waals surface area contributed by atoms with Gasteiger partial charge >= 0.3 is 6.36 Å². The van der Waals surface area contributed by atoms with Crippen LogP contribution in [0.2, 0.25) is 0 Å². The molecular formula is C16H12F3NO3. The number of hydrogen-bond acceptors (Lipinski definition) is 4. The van der Waals surface area contributed by atoms with E-state index in [0.29, 0.717) is 28.9 Å². The number of oxime groups is 1. The van der Waals surface area contributed by atoms with Crippen LogP contribution in [0.25, 0.3) is 0 Å². The smallest absolute Gasteiger partial charge is 0.406 e. The lowest BCUT2D eigenvalue weighted by molar-refractivity contribution is -0.274. The van der Waals surface area contributed by atoms with Gasteiger partial charge in [-0.25, -0.2) is 0 Å². The van der Waals surface area contributed by atoms with Crippen LogP contribution in [0.3, 0.4) is 0 Å². The van der Waals surface area contributed by atoms with Gasteiger partial charge in [0.05, 0.1) is 5.71 Å². The largest absolute Gasteiger partial charge is 0.573 e. The molecule has 2 aromatic carbocycles. The maximum absolute atomic E-state index is 12.1. The average molecular weight is 323 g/mol. The first kappa shape index (κ1) is 16.5. The summed E-state index contributed by atoms with van der Waals surface area (Å²) in [6.07, 6.45) is -4.01. The van der Waals surface area contributed by atoms with E-state index < -0.39 is 6.36 Å². The van der Waals surface area contributed by atoms with Crippen LogP contribution in [0.15, 0.2) is 53.7 Å². The van der Waals surface area contributed by atoms with Crippen LogP contribution in [0.1, 0.15) is 22.8 Å². The van der Waals surface area contributed by atoms with E-state index in [0.717, 1.165) is 0 Å². The lowest BCUT2D eigenvalue weighted by atomic mass is 10.1. The zero-order chi connectivity index (χ0) is 16.9. The number of nitrogens with zero attached hydrogens (tertiary/aromatic N) is 1. The average Bonchev–Trinajstić information content (AvgIpc) is 2.52. The minimum atomic E-state index is -4.72. The highest BCUT2D eigenvalue weighted by Crippen LogP contribution is 2.23. The van der Waals surface area contributed by atoms with Gasteiger partial charge in [-0.2, -0.15) is 0 Å². The molecule has 0 aliphatic carbocycles. The molecule has 0 aromatic heterocycles. The second-order valence-corrected chi connectivity index (χ2v) is 4.53. The molecule has 23 heavy (non-hydrogen) atoms. The summed E-state index contributed by atoms with van der Waals surface area (Å²) in [6, 6.07) is 11.6. The Labute approximate surface area is 130 Å². The monoisotopic (exact) mass is 323 g/mol. The molecule has 0 unspecified atom stereocenters.